The highest BCUT2D eigenvalue weighted by Crippen LogP contribution is 2.39. The highest BCUT2D eigenvalue weighted by Gasteiger charge is 2.49. The predicted molar refractivity (Wildman–Crippen MR) is 102 cm³/mol. The fourth-order valence-corrected chi connectivity index (χ4v) is 3.14. The van der Waals surface area contributed by atoms with E-state index in [2.05, 4.69) is 15.0 Å². The van der Waals surface area contributed by atoms with Gasteiger partial charge in [-0.05, 0) is 46.1 Å². The molecule has 0 amide bonds. The van der Waals surface area contributed by atoms with E-state index in [-0.39, 0.29) is 28.5 Å². The standard InChI is InChI=1S/C18H20F3N5OS/c1-10(2)25-15(27)11-9-22-16(28-5)24-14(11)26(25)13-8-6-7-12(23-13)17(3,4)18(19,20)21/h6-10H,1-5H3. The molecule has 0 aliphatic rings. The minimum Gasteiger partial charge on any atom is -0.267 e. The molecular weight excluding hydrogens is 391 g/mol. The van der Waals surface area contributed by atoms with E-state index < -0.39 is 11.6 Å². The highest BCUT2D eigenvalue weighted by atomic mass is 32.2. The summed E-state index contributed by atoms with van der Waals surface area (Å²) >= 11 is 1.31. The van der Waals surface area contributed by atoms with Gasteiger partial charge in [-0.2, -0.15) is 13.2 Å². The maximum absolute atomic E-state index is 13.5. The monoisotopic (exact) mass is 411 g/mol. The molecule has 0 spiro atoms. The lowest BCUT2D eigenvalue weighted by Crippen LogP contribution is -2.37. The van der Waals surface area contributed by atoms with E-state index in [0.29, 0.717) is 10.8 Å². The molecule has 0 aliphatic heterocycles. The summed E-state index contributed by atoms with van der Waals surface area (Å²) in [7, 11) is 0. The van der Waals surface area contributed by atoms with Crippen molar-refractivity contribution in [1.82, 2.24) is 24.3 Å². The number of alkyl halides is 3. The molecule has 3 aromatic heterocycles. The van der Waals surface area contributed by atoms with Crippen molar-refractivity contribution < 1.29 is 13.2 Å². The van der Waals surface area contributed by atoms with E-state index in [0.717, 1.165) is 13.8 Å². The van der Waals surface area contributed by atoms with Crippen molar-refractivity contribution in [3.05, 3.63) is 40.4 Å². The van der Waals surface area contributed by atoms with E-state index in [1.165, 1.54) is 39.5 Å². The quantitative estimate of drug-likeness (QED) is 0.477. The molecule has 0 N–H and O–H groups in total. The molecule has 0 aliphatic carbocycles. The van der Waals surface area contributed by atoms with Crippen molar-refractivity contribution in [3.63, 3.8) is 0 Å². The van der Waals surface area contributed by atoms with Gasteiger partial charge < -0.3 is 0 Å². The molecule has 0 bridgehead atoms. The summed E-state index contributed by atoms with van der Waals surface area (Å²) in [6, 6.07) is 4.14. The Balaban J connectivity index is 2.34. The molecule has 0 saturated heterocycles. The molecule has 0 saturated carbocycles. The summed E-state index contributed by atoms with van der Waals surface area (Å²) in [5, 5.41) is 0.739. The van der Waals surface area contributed by atoms with Crippen LogP contribution in [0.25, 0.3) is 16.9 Å². The Bertz CT molecular complexity index is 1080. The average Bonchev–Trinajstić information content (AvgIpc) is 2.93. The molecule has 0 radical (unpaired) electrons. The normalized spacial score (nSPS) is 12.9. The molecule has 6 nitrogen and oxygen atoms in total. The Morgan fingerprint density at radius 2 is 1.82 bits per heavy atom. The van der Waals surface area contributed by atoms with Crippen molar-refractivity contribution in [2.24, 2.45) is 0 Å². The maximum atomic E-state index is 13.5. The molecule has 3 rings (SSSR count). The molecular formula is C18H20F3N5OS. The van der Waals surface area contributed by atoms with Gasteiger partial charge in [0.15, 0.2) is 16.6 Å². The lowest BCUT2D eigenvalue weighted by molar-refractivity contribution is -0.181. The largest absolute Gasteiger partial charge is 0.399 e. The van der Waals surface area contributed by atoms with Gasteiger partial charge in [-0.25, -0.2) is 24.3 Å². The lowest BCUT2D eigenvalue weighted by atomic mass is 9.88. The smallest absolute Gasteiger partial charge is 0.267 e. The van der Waals surface area contributed by atoms with Crippen LogP contribution in [0.4, 0.5) is 13.2 Å². The Kier molecular flexibility index (Phi) is 5.03. The second-order valence-electron chi connectivity index (χ2n) is 7.15. The van der Waals surface area contributed by atoms with E-state index in [4.69, 9.17) is 0 Å². The molecule has 28 heavy (non-hydrogen) atoms. The van der Waals surface area contributed by atoms with Crippen molar-refractivity contribution in [2.45, 2.75) is 50.5 Å². The number of rotatable bonds is 4. The number of thioether (sulfide) groups is 1. The van der Waals surface area contributed by atoms with Crippen LogP contribution in [0.2, 0.25) is 0 Å². The molecule has 0 atom stereocenters. The zero-order valence-electron chi connectivity index (χ0n) is 16.1. The SMILES string of the molecule is CSc1ncc2c(=O)n(C(C)C)n(-c3cccc(C(C)(C)C(F)(F)F)n3)c2n1. The minimum absolute atomic E-state index is 0.138. The topological polar surface area (TPSA) is 65.6 Å². The van der Waals surface area contributed by atoms with Gasteiger partial charge in [0.25, 0.3) is 5.56 Å². The van der Waals surface area contributed by atoms with Crippen molar-refractivity contribution in [2.75, 3.05) is 6.26 Å². The molecule has 0 fully saturated rings. The number of nitrogens with zero attached hydrogens (tertiary/aromatic N) is 5. The zero-order chi connectivity index (χ0) is 20.9. The zero-order valence-corrected chi connectivity index (χ0v) is 16.9. The van der Waals surface area contributed by atoms with Crippen LogP contribution in [0.15, 0.2) is 34.3 Å². The van der Waals surface area contributed by atoms with Crippen molar-refractivity contribution in [3.8, 4) is 5.82 Å². The van der Waals surface area contributed by atoms with E-state index in [1.807, 2.05) is 13.8 Å². The second kappa shape index (κ2) is 6.91. The van der Waals surface area contributed by atoms with Crippen molar-refractivity contribution >= 4 is 22.8 Å². The van der Waals surface area contributed by atoms with Crippen LogP contribution in [0.3, 0.4) is 0 Å². The molecule has 3 aromatic rings. The summed E-state index contributed by atoms with van der Waals surface area (Å²) in [4.78, 5) is 25.7. The lowest BCUT2D eigenvalue weighted by Gasteiger charge is -2.27. The summed E-state index contributed by atoms with van der Waals surface area (Å²) in [5.74, 6) is 0.196. The minimum atomic E-state index is -4.47. The first-order chi connectivity index (χ1) is 13.0. The maximum Gasteiger partial charge on any atom is 0.399 e. The van der Waals surface area contributed by atoms with Gasteiger partial charge in [0.2, 0.25) is 0 Å². The number of halogens is 3. The third-order valence-corrected chi connectivity index (χ3v) is 5.14. The summed E-state index contributed by atoms with van der Waals surface area (Å²) in [5.41, 5.74) is -2.29. The van der Waals surface area contributed by atoms with Gasteiger partial charge >= 0.3 is 6.18 Å². The van der Waals surface area contributed by atoms with Crippen LogP contribution in [-0.4, -0.2) is 36.7 Å². The fourth-order valence-electron chi connectivity index (χ4n) is 2.80. The number of hydrogen-bond donors (Lipinski definition) is 0. The van der Waals surface area contributed by atoms with Crippen LogP contribution < -0.4 is 5.56 Å². The molecule has 0 aromatic carbocycles. The average molecular weight is 411 g/mol. The third-order valence-electron chi connectivity index (χ3n) is 4.57. The van der Waals surface area contributed by atoms with E-state index >= 15 is 0 Å². The summed E-state index contributed by atoms with van der Waals surface area (Å²) in [6.07, 6.45) is -1.23. The highest BCUT2D eigenvalue weighted by molar-refractivity contribution is 7.98. The van der Waals surface area contributed by atoms with Crippen LogP contribution in [0.1, 0.15) is 39.4 Å². The Hall–Kier alpha value is -2.36. The number of pyridine rings is 1. The van der Waals surface area contributed by atoms with Crippen LogP contribution in [-0.2, 0) is 5.41 Å². The first-order valence-electron chi connectivity index (χ1n) is 8.58. The van der Waals surface area contributed by atoms with Crippen LogP contribution in [0.5, 0.6) is 0 Å². The number of fused-ring (bicyclic) bond motifs is 1. The third kappa shape index (κ3) is 3.19. The Morgan fingerprint density at radius 1 is 1.14 bits per heavy atom. The van der Waals surface area contributed by atoms with Crippen LogP contribution >= 0.6 is 11.8 Å². The summed E-state index contributed by atoms with van der Waals surface area (Å²) in [6.45, 7) is 5.78. The fraction of sp³-hybridized carbons (Fsp3) is 0.444. The Labute approximate surface area is 163 Å². The van der Waals surface area contributed by atoms with Crippen LogP contribution in [0, 0.1) is 0 Å². The van der Waals surface area contributed by atoms with Crippen molar-refractivity contribution in [1.29, 1.82) is 0 Å². The van der Waals surface area contributed by atoms with Gasteiger partial charge in [0.1, 0.15) is 10.8 Å². The summed E-state index contributed by atoms with van der Waals surface area (Å²) < 4.78 is 43.4. The number of aromatic nitrogens is 5. The van der Waals surface area contributed by atoms with Gasteiger partial charge in [0.05, 0.1) is 5.69 Å². The number of hydrogen-bond acceptors (Lipinski definition) is 5. The first-order valence-corrected chi connectivity index (χ1v) is 9.80. The van der Waals surface area contributed by atoms with Gasteiger partial charge in [-0.15, -0.1) is 0 Å². The van der Waals surface area contributed by atoms with E-state index in [1.54, 1.807) is 12.3 Å². The molecule has 3 heterocycles. The van der Waals surface area contributed by atoms with Gasteiger partial charge in [0, 0.05) is 12.2 Å². The second-order valence-corrected chi connectivity index (χ2v) is 7.93. The molecule has 150 valence electrons. The van der Waals surface area contributed by atoms with Gasteiger partial charge in [-0.3, -0.25) is 4.79 Å². The molecule has 10 heteroatoms. The Morgan fingerprint density at radius 3 is 2.39 bits per heavy atom. The predicted octanol–water partition coefficient (Wildman–Crippen LogP) is 4.12. The van der Waals surface area contributed by atoms with E-state index in [9.17, 15) is 18.0 Å². The van der Waals surface area contributed by atoms with Gasteiger partial charge in [-0.1, -0.05) is 17.8 Å². The first kappa shape index (κ1) is 20.4. The molecule has 0 unspecified atom stereocenters.